The maximum atomic E-state index is 14.3. The second-order valence-electron chi connectivity index (χ2n) is 8.18. The second-order valence-corrected chi connectivity index (χ2v) is 9.10. The topological polar surface area (TPSA) is 75.3 Å². The Labute approximate surface area is 227 Å². The van der Waals surface area contributed by atoms with E-state index < -0.39 is 17.6 Å². The minimum Gasteiger partial charge on any atom is -0.321 e. The molecule has 0 fully saturated rings. The summed E-state index contributed by atoms with van der Waals surface area (Å²) in [6.07, 6.45) is 4.47. The van der Waals surface area contributed by atoms with Crippen LogP contribution in [0.5, 0.6) is 0 Å². The van der Waals surface area contributed by atoms with Crippen molar-refractivity contribution in [3.8, 4) is 0 Å². The number of hydrogen-bond donors (Lipinski definition) is 2. The highest BCUT2D eigenvalue weighted by Crippen LogP contribution is 2.16. The van der Waals surface area contributed by atoms with Crippen molar-refractivity contribution in [3.05, 3.63) is 147 Å². The maximum absolute atomic E-state index is 14.3. The molecule has 38 heavy (non-hydrogen) atoms. The van der Waals surface area contributed by atoms with Crippen molar-refractivity contribution in [2.45, 2.75) is 0 Å². The predicted octanol–water partition coefficient (Wildman–Crippen LogP) is 6.89. The number of carbonyl (C=O) groups is 3. The molecule has 0 radical (unpaired) electrons. The van der Waals surface area contributed by atoms with Crippen LogP contribution < -0.4 is 10.6 Å². The van der Waals surface area contributed by atoms with Gasteiger partial charge in [0.05, 0.1) is 0 Å². The normalized spacial score (nSPS) is 11.3. The van der Waals surface area contributed by atoms with Crippen molar-refractivity contribution in [1.82, 2.24) is 5.32 Å². The minimum absolute atomic E-state index is 0.138. The zero-order chi connectivity index (χ0) is 26.9. The molecule has 0 aliphatic carbocycles. The van der Waals surface area contributed by atoms with Gasteiger partial charge in [-0.05, 0) is 72.3 Å². The molecule has 4 aromatic carbocycles. The SMILES string of the molecule is O=C(Nc1ccc(C(=O)/C=C/c2cccc(Br)c2)cc1)/C(=C/c1ccccc1F)NC(=O)c1ccccc1. The first-order valence-corrected chi connectivity index (χ1v) is 12.4. The number of benzene rings is 4. The summed E-state index contributed by atoms with van der Waals surface area (Å²) in [7, 11) is 0. The molecule has 2 amide bonds. The minimum atomic E-state index is -0.647. The Morgan fingerprint density at radius 3 is 2.18 bits per heavy atom. The van der Waals surface area contributed by atoms with Gasteiger partial charge in [-0.3, -0.25) is 14.4 Å². The Hall–Kier alpha value is -4.62. The molecule has 0 heterocycles. The van der Waals surface area contributed by atoms with E-state index in [0.717, 1.165) is 10.0 Å². The third-order valence-corrected chi connectivity index (χ3v) is 5.93. The molecule has 0 unspecified atom stereocenters. The Morgan fingerprint density at radius 2 is 1.47 bits per heavy atom. The van der Waals surface area contributed by atoms with Crippen LogP contribution in [0.25, 0.3) is 12.2 Å². The lowest BCUT2D eigenvalue weighted by molar-refractivity contribution is -0.113. The lowest BCUT2D eigenvalue weighted by Crippen LogP contribution is -2.30. The van der Waals surface area contributed by atoms with E-state index in [0.29, 0.717) is 16.8 Å². The molecular formula is C31H22BrFN2O3. The van der Waals surface area contributed by atoms with Gasteiger partial charge in [-0.25, -0.2) is 4.39 Å². The Kier molecular flexibility index (Phi) is 8.74. The van der Waals surface area contributed by atoms with Gasteiger partial charge in [-0.15, -0.1) is 0 Å². The van der Waals surface area contributed by atoms with Crippen LogP contribution in [0.3, 0.4) is 0 Å². The molecule has 188 valence electrons. The van der Waals surface area contributed by atoms with E-state index in [4.69, 9.17) is 0 Å². The van der Waals surface area contributed by atoms with E-state index in [9.17, 15) is 18.8 Å². The monoisotopic (exact) mass is 568 g/mol. The number of anilines is 1. The fraction of sp³-hybridized carbons (Fsp3) is 0. The highest BCUT2D eigenvalue weighted by Gasteiger charge is 2.16. The molecule has 0 saturated heterocycles. The summed E-state index contributed by atoms with van der Waals surface area (Å²) >= 11 is 3.40. The second kappa shape index (κ2) is 12.6. The summed E-state index contributed by atoms with van der Waals surface area (Å²) in [4.78, 5) is 38.4. The third kappa shape index (κ3) is 7.21. The zero-order valence-electron chi connectivity index (χ0n) is 20.0. The molecule has 7 heteroatoms. The molecule has 0 aromatic heterocycles. The van der Waals surface area contributed by atoms with Gasteiger partial charge in [0.15, 0.2) is 5.78 Å². The van der Waals surface area contributed by atoms with Crippen molar-refractivity contribution in [2.24, 2.45) is 0 Å². The first kappa shape index (κ1) is 26.4. The average molecular weight is 569 g/mol. The maximum Gasteiger partial charge on any atom is 0.272 e. The van der Waals surface area contributed by atoms with Gasteiger partial charge >= 0.3 is 0 Å². The summed E-state index contributed by atoms with van der Waals surface area (Å²) in [5.74, 6) is -1.89. The van der Waals surface area contributed by atoms with E-state index >= 15 is 0 Å². The fourth-order valence-electron chi connectivity index (χ4n) is 3.48. The summed E-state index contributed by atoms with van der Waals surface area (Å²) in [5.41, 5.74) is 2.07. The number of nitrogens with one attached hydrogen (secondary N) is 2. The van der Waals surface area contributed by atoms with Gasteiger partial charge in [-0.2, -0.15) is 0 Å². The molecular weight excluding hydrogens is 547 g/mol. The Morgan fingerprint density at radius 1 is 0.763 bits per heavy atom. The Balaban J connectivity index is 1.50. The zero-order valence-corrected chi connectivity index (χ0v) is 21.6. The highest BCUT2D eigenvalue weighted by atomic mass is 79.9. The van der Waals surface area contributed by atoms with Crippen molar-refractivity contribution >= 4 is 51.4 Å². The van der Waals surface area contributed by atoms with Crippen LogP contribution in [0.1, 0.15) is 31.8 Å². The van der Waals surface area contributed by atoms with E-state index in [1.807, 2.05) is 24.3 Å². The summed E-state index contributed by atoms with van der Waals surface area (Å²) in [6, 6.07) is 28.2. The number of amides is 2. The van der Waals surface area contributed by atoms with Gasteiger partial charge in [-0.1, -0.05) is 70.5 Å². The molecule has 5 nitrogen and oxygen atoms in total. The number of carbonyl (C=O) groups excluding carboxylic acids is 3. The largest absolute Gasteiger partial charge is 0.321 e. The average Bonchev–Trinajstić information content (AvgIpc) is 2.93. The highest BCUT2D eigenvalue weighted by molar-refractivity contribution is 9.10. The predicted molar refractivity (Wildman–Crippen MR) is 151 cm³/mol. The van der Waals surface area contributed by atoms with Gasteiger partial charge < -0.3 is 10.6 Å². The molecule has 4 rings (SSSR count). The van der Waals surface area contributed by atoms with Crippen LogP contribution >= 0.6 is 15.9 Å². The number of rotatable bonds is 8. The smallest absolute Gasteiger partial charge is 0.272 e. The third-order valence-electron chi connectivity index (χ3n) is 5.44. The van der Waals surface area contributed by atoms with Crippen molar-refractivity contribution in [2.75, 3.05) is 5.32 Å². The molecule has 0 aliphatic heterocycles. The lowest BCUT2D eigenvalue weighted by Gasteiger charge is -2.12. The van der Waals surface area contributed by atoms with E-state index in [2.05, 4.69) is 26.6 Å². The van der Waals surface area contributed by atoms with Crippen molar-refractivity contribution in [1.29, 1.82) is 0 Å². The molecule has 0 aliphatic rings. The van der Waals surface area contributed by atoms with Crippen LogP contribution in [0.15, 0.2) is 119 Å². The van der Waals surface area contributed by atoms with Gasteiger partial charge in [0.1, 0.15) is 11.5 Å². The first-order chi connectivity index (χ1) is 18.4. The number of hydrogen-bond acceptors (Lipinski definition) is 3. The van der Waals surface area contributed by atoms with Crippen LogP contribution in [0, 0.1) is 5.82 Å². The molecule has 0 atom stereocenters. The van der Waals surface area contributed by atoms with Gasteiger partial charge in [0, 0.05) is 26.9 Å². The van der Waals surface area contributed by atoms with Gasteiger partial charge in [0.25, 0.3) is 11.8 Å². The van der Waals surface area contributed by atoms with Crippen LogP contribution in [0.2, 0.25) is 0 Å². The van der Waals surface area contributed by atoms with E-state index in [1.54, 1.807) is 66.7 Å². The fourth-order valence-corrected chi connectivity index (χ4v) is 3.90. The summed E-state index contributed by atoms with van der Waals surface area (Å²) < 4.78 is 15.2. The first-order valence-electron chi connectivity index (χ1n) is 11.6. The molecule has 0 saturated carbocycles. The molecule has 0 bridgehead atoms. The molecule has 0 spiro atoms. The lowest BCUT2D eigenvalue weighted by atomic mass is 10.1. The molecule has 2 N–H and O–H groups in total. The number of allylic oxidation sites excluding steroid dienone is 1. The summed E-state index contributed by atoms with van der Waals surface area (Å²) in [5, 5.41) is 5.26. The van der Waals surface area contributed by atoms with Crippen LogP contribution in [0.4, 0.5) is 10.1 Å². The number of ketones is 1. The van der Waals surface area contributed by atoms with Crippen LogP contribution in [-0.2, 0) is 4.79 Å². The van der Waals surface area contributed by atoms with Crippen molar-refractivity contribution < 1.29 is 18.8 Å². The molecule has 4 aromatic rings. The van der Waals surface area contributed by atoms with Crippen molar-refractivity contribution in [3.63, 3.8) is 0 Å². The van der Waals surface area contributed by atoms with E-state index in [1.165, 1.54) is 30.4 Å². The van der Waals surface area contributed by atoms with Crippen LogP contribution in [-0.4, -0.2) is 17.6 Å². The number of halogens is 2. The van der Waals surface area contributed by atoms with Gasteiger partial charge in [0.2, 0.25) is 0 Å². The quantitative estimate of drug-likeness (QED) is 0.179. The standard InChI is InChI=1S/C31H22BrFN2O3/c32-25-11-6-7-21(19-25)13-18-29(36)22-14-16-26(17-15-22)34-31(38)28(20-24-10-4-5-12-27(24)33)35-30(37)23-8-2-1-3-9-23/h1-20H,(H,34,38)(H,35,37)/b18-13+,28-20-. The van der Waals surface area contributed by atoms with E-state index in [-0.39, 0.29) is 17.0 Å². The Bertz CT molecular complexity index is 1530. The summed E-state index contributed by atoms with van der Waals surface area (Å²) in [6.45, 7) is 0.